The minimum atomic E-state index is -3.80. The molecule has 18 heavy (non-hydrogen) atoms. The average Bonchev–Trinajstić information content (AvgIpc) is 2.33. The molecule has 1 aliphatic rings. The van der Waals surface area contributed by atoms with Gasteiger partial charge in [0.1, 0.15) is 4.90 Å². The lowest BCUT2D eigenvalue weighted by molar-refractivity contribution is 0.426. The Labute approximate surface area is 114 Å². The van der Waals surface area contributed by atoms with Crippen molar-refractivity contribution >= 4 is 26.0 Å². The summed E-state index contributed by atoms with van der Waals surface area (Å²) in [6, 6.07) is 4.11. The van der Waals surface area contributed by atoms with Crippen LogP contribution in [0, 0.1) is 5.82 Å². The van der Waals surface area contributed by atoms with Gasteiger partial charge in [-0.25, -0.2) is 17.5 Å². The maximum absolute atomic E-state index is 13.8. The average molecular weight is 337 g/mol. The highest BCUT2D eigenvalue weighted by atomic mass is 79.9. The standard InChI is InChI=1S/C11H14BrFN2O2S/c12-9-2-1-3-10(11(9)13)18(16,17)15-8-4-6-14-7-5-8/h1-3,8,14-15H,4-7H2. The number of hydrogen-bond acceptors (Lipinski definition) is 3. The third-order valence-electron chi connectivity index (χ3n) is 2.87. The Morgan fingerprint density at radius 1 is 1.33 bits per heavy atom. The van der Waals surface area contributed by atoms with E-state index in [0.29, 0.717) is 0 Å². The molecule has 2 rings (SSSR count). The molecule has 1 fully saturated rings. The second kappa shape index (κ2) is 5.64. The van der Waals surface area contributed by atoms with E-state index in [1.807, 2.05) is 0 Å². The van der Waals surface area contributed by atoms with Crippen LogP contribution in [0.4, 0.5) is 4.39 Å². The number of nitrogens with one attached hydrogen (secondary N) is 2. The molecule has 0 bridgehead atoms. The van der Waals surface area contributed by atoms with Gasteiger partial charge in [0.25, 0.3) is 0 Å². The summed E-state index contributed by atoms with van der Waals surface area (Å²) in [7, 11) is -3.80. The highest BCUT2D eigenvalue weighted by Crippen LogP contribution is 2.22. The van der Waals surface area contributed by atoms with Crippen molar-refractivity contribution in [1.29, 1.82) is 0 Å². The largest absolute Gasteiger partial charge is 0.317 e. The lowest BCUT2D eigenvalue weighted by atomic mass is 10.1. The number of benzene rings is 1. The number of sulfonamides is 1. The molecule has 1 aromatic carbocycles. The predicted octanol–water partition coefficient (Wildman–Crippen LogP) is 1.62. The summed E-state index contributed by atoms with van der Waals surface area (Å²) in [5, 5.41) is 3.14. The van der Waals surface area contributed by atoms with Crippen molar-refractivity contribution in [2.45, 2.75) is 23.8 Å². The molecular formula is C11H14BrFN2O2S. The molecule has 0 amide bonds. The zero-order valence-electron chi connectivity index (χ0n) is 9.62. The summed E-state index contributed by atoms with van der Waals surface area (Å²) in [6.45, 7) is 1.54. The minimum absolute atomic E-state index is 0.130. The minimum Gasteiger partial charge on any atom is -0.317 e. The number of halogens is 2. The first-order valence-electron chi connectivity index (χ1n) is 5.68. The Hall–Kier alpha value is -0.500. The molecule has 0 aromatic heterocycles. The molecule has 0 aliphatic carbocycles. The van der Waals surface area contributed by atoms with Crippen LogP contribution in [0.25, 0.3) is 0 Å². The molecule has 0 spiro atoms. The molecule has 2 N–H and O–H groups in total. The van der Waals surface area contributed by atoms with Crippen LogP contribution in [0.15, 0.2) is 27.6 Å². The second-order valence-corrected chi connectivity index (χ2v) is 6.73. The maximum Gasteiger partial charge on any atom is 0.243 e. The van der Waals surface area contributed by atoms with Gasteiger partial charge in [0.15, 0.2) is 5.82 Å². The molecular weight excluding hydrogens is 323 g/mol. The number of rotatable bonds is 3. The third kappa shape index (κ3) is 3.09. The van der Waals surface area contributed by atoms with Crippen molar-refractivity contribution in [1.82, 2.24) is 10.0 Å². The van der Waals surface area contributed by atoms with Crippen molar-refractivity contribution in [2.75, 3.05) is 13.1 Å². The number of hydrogen-bond donors (Lipinski definition) is 2. The van der Waals surface area contributed by atoms with E-state index in [4.69, 9.17) is 0 Å². The van der Waals surface area contributed by atoms with Gasteiger partial charge in [0.05, 0.1) is 4.47 Å². The maximum atomic E-state index is 13.8. The summed E-state index contributed by atoms with van der Waals surface area (Å²) in [5.41, 5.74) is 0. The van der Waals surface area contributed by atoms with Gasteiger partial charge in [-0.1, -0.05) is 6.07 Å². The van der Waals surface area contributed by atoms with Gasteiger partial charge in [-0.2, -0.15) is 0 Å². The van der Waals surface area contributed by atoms with E-state index in [1.54, 1.807) is 0 Å². The SMILES string of the molecule is O=S(=O)(NC1CCNCC1)c1cccc(Br)c1F. The molecule has 100 valence electrons. The zero-order chi connectivity index (χ0) is 13.2. The van der Waals surface area contributed by atoms with Crippen LogP contribution in [-0.4, -0.2) is 27.5 Å². The van der Waals surface area contributed by atoms with E-state index >= 15 is 0 Å². The van der Waals surface area contributed by atoms with E-state index in [9.17, 15) is 12.8 Å². The van der Waals surface area contributed by atoms with Crippen molar-refractivity contribution in [3.8, 4) is 0 Å². The van der Waals surface area contributed by atoms with Gasteiger partial charge in [-0.15, -0.1) is 0 Å². The molecule has 1 aliphatic heterocycles. The fourth-order valence-corrected chi connectivity index (χ4v) is 3.82. The molecule has 0 radical (unpaired) electrons. The van der Waals surface area contributed by atoms with Crippen LogP contribution < -0.4 is 10.0 Å². The zero-order valence-corrected chi connectivity index (χ0v) is 12.0. The molecule has 1 heterocycles. The molecule has 7 heteroatoms. The monoisotopic (exact) mass is 336 g/mol. The Bertz CT molecular complexity index is 530. The van der Waals surface area contributed by atoms with Crippen LogP contribution in [0.1, 0.15) is 12.8 Å². The summed E-state index contributed by atoms with van der Waals surface area (Å²) in [6.07, 6.45) is 1.43. The van der Waals surface area contributed by atoms with E-state index in [2.05, 4.69) is 26.0 Å². The van der Waals surface area contributed by atoms with Crippen molar-refractivity contribution < 1.29 is 12.8 Å². The van der Waals surface area contributed by atoms with Gasteiger partial charge in [0.2, 0.25) is 10.0 Å². The predicted molar refractivity (Wildman–Crippen MR) is 70.3 cm³/mol. The fourth-order valence-electron chi connectivity index (χ4n) is 1.91. The van der Waals surface area contributed by atoms with E-state index in [-0.39, 0.29) is 15.4 Å². The van der Waals surface area contributed by atoms with Gasteiger partial charge in [0, 0.05) is 6.04 Å². The fraction of sp³-hybridized carbons (Fsp3) is 0.455. The summed E-state index contributed by atoms with van der Waals surface area (Å²) < 4.78 is 40.6. The third-order valence-corrected chi connectivity index (χ3v) is 5.02. The first-order valence-corrected chi connectivity index (χ1v) is 7.95. The molecule has 0 unspecified atom stereocenters. The molecule has 0 saturated carbocycles. The van der Waals surface area contributed by atoms with Crippen LogP contribution in [0.5, 0.6) is 0 Å². The first kappa shape index (κ1) is 13.9. The summed E-state index contributed by atoms with van der Waals surface area (Å²) in [5.74, 6) is -0.751. The summed E-state index contributed by atoms with van der Waals surface area (Å²) >= 11 is 2.99. The first-order chi connectivity index (χ1) is 8.50. The van der Waals surface area contributed by atoms with E-state index in [1.165, 1.54) is 18.2 Å². The van der Waals surface area contributed by atoms with Gasteiger partial charge >= 0.3 is 0 Å². The van der Waals surface area contributed by atoms with Crippen LogP contribution in [0.2, 0.25) is 0 Å². The van der Waals surface area contributed by atoms with Crippen LogP contribution in [-0.2, 0) is 10.0 Å². The van der Waals surface area contributed by atoms with E-state index in [0.717, 1.165) is 25.9 Å². The van der Waals surface area contributed by atoms with E-state index < -0.39 is 15.8 Å². The Morgan fingerprint density at radius 3 is 2.67 bits per heavy atom. The lowest BCUT2D eigenvalue weighted by Gasteiger charge is -2.23. The Kier molecular flexibility index (Phi) is 4.37. The Balaban J connectivity index is 2.22. The van der Waals surface area contributed by atoms with Crippen molar-refractivity contribution in [3.63, 3.8) is 0 Å². The molecule has 1 aromatic rings. The second-order valence-electron chi connectivity index (χ2n) is 4.20. The van der Waals surface area contributed by atoms with Gasteiger partial charge < -0.3 is 5.32 Å². The van der Waals surface area contributed by atoms with Crippen LogP contribution in [0.3, 0.4) is 0 Å². The molecule has 0 atom stereocenters. The van der Waals surface area contributed by atoms with Crippen molar-refractivity contribution in [3.05, 3.63) is 28.5 Å². The van der Waals surface area contributed by atoms with Gasteiger partial charge in [-0.3, -0.25) is 0 Å². The normalized spacial score (nSPS) is 17.9. The molecule has 4 nitrogen and oxygen atoms in total. The summed E-state index contributed by atoms with van der Waals surface area (Å²) in [4.78, 5) is -0.310. The molecule has 1 saturated heterocycles. The van der Waals surface area contributed by atoms with Gasteiger partial charge in [-0.05, 0) is 54.0 Å². The Morgan fingerprint density at radius 2 is 2.00 bits per heavy atom. The van der Waals surface area contributed by atoms with Crippen LogP contribution >= 0.6 is 15.9 Å². The van der Waals surface area contributed by atoms with Crippen molar-refractivity contribution in [2.24, 2.45) is 0 Å². The smallest absolute Gasteiger partial charge is 0.243 e. The number of piperidine rings is 1. The quantitative estimate of drug-likeness (QED) is 0.881. The lowest BCUT2D eigenvalue weighted by Crippen LogP contribution is -2.42. The highest BCUT2D eigenvalue weighted by Gasteiger charge is 2.25. The topological polar surface area (TPSA) is 58.2 Å². The highest BCUT2D eigenvalue weighted by molar-refractivity contribution is 9.10.